The molecule has 0 saturated carbocycles. The second kappa shape index (κ2) is 8.07. The standard InChI is InChI=1S/C20H21F2N5/c1-4-15-9-18(26-27(15)12-14-7-5-6-8-16(14)21)20-24-11-17(22)19(25-20)23-10-13(2)3/h5-9,11H,2,4,10,12H2,1,3H3,(H,23,24,25). The fraction of sp³-hybridized carbons (Fsp3) is 0.250. The summed E-state index contributed by atoms with van der Waals surface area (Å²) in [4.78, 5) is 8.29. The highest BCUT2D eigenvalue weighted by Gasteiger charge is 2.15. The van der Waals surface area contributed by atoms with E-state index >= 15 is 0 Å². The molecule has 0 atom stereocenters. The van der Waals surface area contributed by atoms with Crippen molar-refractivity contribution in [2.45, 2.75) is 26.8 Å². The molecule has 0 spiro atoms. The Hall–Kier alpha value is -3.09. The first-order valence-electron chi connectivity index (χ1n) is 8.69. The molecular formula is C20H21F2N5. The van der Waals surface area contributed by atoms with Crippen molar-refractivity contribution < 1.29 is 8.78 Å². The molecule has 140 valence electrons. The minimum absolute atomic E-state index is 0.102. The van der Waals surface area contributed by atoms with Crippen molar-refractivity contribution in [3.63, 3.8) is 0 Å². The van der Waals surface area contributed by atoms with Crippen LogP contribution in [0.25, 0.3) is 11.5 Å². The van der Waals surface area contributed by atoms with Crippen LogP contribution in [0.15, 0.2) is 48.7 Å². The van der Waals surface area contributed by atoms with Gasteiger partial charge < -0.3 is 5.32 Å². The van der Waals surface area contributed by atoms with Gasteiger partial charge in [0.05, 0.1) is 12.7 Å². The zero-order valence-corrected chi connectivity index (χ0v) is 15.3. The topological polar surface area (TPSA) is 55.6 Å². The number of nitrogens with one attached hydrogen (secondary N) is 1. The molecule has 1 N–H and O–H groups in total. The third kappa shape index (κ3) is 4.36. The fourth-order valence-electron chi connectivity index (χ4n) is 2.62. The lowest BCUT2D eigenvalue weighted by atomic mass is 10.2. The summed E-state index contributed by atoms with van der Waals surface area (Å²) >= 11 is 0. The van der Waals surface area contributed by atoms with Gasteiger partial charge in [-0.05, 0) is 25.5 Å². The zero-order valence-electron chi connectivity index (χ0n) is 15.3. The van der Waals surface area contributed by atoms with Crippen LogP contribution in [0, 0.1) is 11.6 Å². The van der Waals surface area contributed by atoms with Crippen LogP contribution in [0.3, 0.4) is 0 Å². The van der Waals surface area contributed by atoms with Crippen molar-refractivity contribution in [3.8, 4) is 11.5 Å². The molecule has 0 amide bonds. The second-order valence-electron chi connectivity index (χ2n) is 6.32. The number of aryl methyl sites for hydroxylation is 1. The third-order valence-electron chi connectivity index (χ3n) is 4.03. The molecule has 5 nitrogen and oxygen atoms in total. The smallest absolute Gasteiger partial charge is 0.183 e. The Morgan fingerprint density at radius 3 is 2.70 bits per heavy atom. The van der Waals surface area contributed by atoms with Crippen LogP contribution in [0.2, 0.25) is 0 Å². The molecule has 0 aliphatic heterocycles. The average molecular weight is 369 g/mol. The quantitative estimate of drug-likeness (QED) is 0.634. The zero-order chi connectivity index (χ0) is 19.4. The minimum atomic E-state index is -0.540. The van der Waals surface area contributed by atoms with E-state index in [0.29, 0.717) is 36.6 Å². The third-order valence-corrected chi connectivity index (χ3v) is 4.03. The normalized spacial score (nSPS) is 10.8. The number of anilines is 1. The van der Waals surface area contributed by atoms with Crippen molar-refractivity contribution in [3.05, 3.63) is 71.6 Å². The number of benzene rings is 1. The minimum Gasteiger partial charge on any atom is -0.364 e. The number of nitrogens with zero attached hydrogens (tertiary/aromatic N) is 4. The summed E-state index contributed by atoms with van der Waals surface area (Å²) in [6.07, 6.45) is 1.83. The molecule has 0 unspecified atom stereocenters. The number of hydrogen-bond acceptors (Lipinski definition) is 4. The molecule has 3 rings (SSSR count). The van der Waals surface area contributed by atoms with Gasteiger partial charge in [0.1, 0.15) is 11.5 Å². The predicted octanol–water partition coefficient (Wildman–Crippen LogP) is 4.22. The first-order chi connectivity index (χ1) is 13.0. The lowest BCUT2D eigenvalue weighted by Gasteiger charge is -2.07. The molecule has 0 saturated heterocycles. The van der Waals surface area contributed by atoms with Crippen LogP contribution >= 0.6 is 0 Å². The summed E-state index contributed by atoms with van der Waals surface area (Å²) in [6, 6.07) is 8.44. The first-order valence-corrected chi connectivity index (χ1v) is 8.69. The lowest BCUT2D eigenvalue weighted by molar-refractivity contribution is 0.576. The average Bonchev–Trinajstić information content (AvgIpc) is 3.06. The molecule has 0 aliphatic rings. The van der Waals surface area contributed by atoms with Gasteiger partial charge in [-0.15, -0.1) is 0 Å². The summed E-state index contributed by atoms with van der Waals surface area (Å²) in [6.45, 7) is 8.32. The first kappa shape index (κ1) is 18.7. The maximum atomic E-state index is 14.0. The van der Waals surface area contributed by atoms with Crippen LogP contribution in [0.4, 0.5) is 14.6 Å². The van der Waals surface area contributed by atoms with Gasteiger partial charge in [0.2, 0.25) is 0 Å². The summed E-state index contributed by atoms with van der Waals surface area (Å²) < 4.78 is 29.6. The van der Waals surface area contributed by atoms with Crippen molar-refractivity contribution in [1.29, 1.82) is 0 Å². The maximum absolute atomic E-state index is 14.0. The van der Waals surface area contributed by atoms with E-state index in [1.165, 1.54) is 6.07 Å². The maximum Gasteiger partial charge on any atom is 0.183 e. The summed E-state index contributed by atoms with van der Waals surface area (Å²) in [5.41, 5.74) is 2.84. The van der Waals surface area contributed by atoms with E-state index in [2.05, 4.69) is 27.0 Å². The van der Waals surface area contributed by atoms with Crippen molar-refractivity contribution in [2.24, 2.45) is 0 Å². The number of rotatable bonds is 7. The summed E-state index contributed by atoms with van der Waals surface area (Å²) in [5, 5.41) is 7.41. The van der Waals surface area contributed by atoms with Crippen molar-refractivity contribution in [1.82, 2.24) is 19.7 Å². The van der Waals surface area contributed by atoms with Gasteiger partial charge in [-0.2, -0.15) is 5.10 Å². The van der Waals surface area contributed by atoms with Crippen molar-refractivity contribution >= 4 is 5.82 Å². The van der Waals surface area contributed by atoms with Gasteiger partial charge >= 0.3 is 0 Å². The highest BCUT2D eigenvalue weighted by molar-refractivity contribution is 5.53. The van der Waals surface area contributed by atoms with E-state index in [1.807, 2.05) is 19.9 Å². The Kier molecular flexibility index (Phi) is 5.59. The fourth-order valence-corrected chi connectivity index (χ4v) is 2.62. The Bertz CT molecular complexity index is 965. The summed E-state index contributed by atoms with van der Waals surface area (Å²) in [7, 11) is 0. The molecule has 2 aromatic heterocycles. The molecule has 7 heteroatoms. The van der Waals surface area contributed by atoms with Gasteiger partial charge in [0.25, 0.3) is 0 Å². The van der Waals surface area contributed by atoms with E-state index in [4.69, 9.17) is 0 Å². The molecule has 1 aromatic carbocycles. The van der Waals surface area contributed by atoms with E-state index in [-0.39, 0.29) is 11.6 Å². The monoisotopic (exact) mass is 369 g/mol. The molecule has 27 heavy (non-hydrogen) atoms. The molecule has 0 aliphatic carbocycles. The molecular weight excluding hydrogens is 348 g/mol. The van der Waals surface area contributed by atoms with Gasteiger partial charge in [-0.3, -0.25) is 4.68 Å². The van der Waals surface area contributed by atoms with Crippen LogP contribution in [-0.4, -0.2) is 26.3 Å². The van der Waals surface area contributed by atoms with Gasteiger partial charge in [0, 0.05) is 17.8 Å². The predicted molar refractivity (Wildman–Crippen MR) is 101 cm³/mol. The van der Waals surface area contributed by atoms with Crippen LogP contribution < -0.4 is 5.32 Å². The molecule has 3 aromatic rings. The molecule has 0 fully saturated rings. The molecule has 0 radical (unpaired) electrons. The Morgan fingerprint density at radius 1 is 1.22 bits per heavy atom. The SMILES string of the molecule is C=C(C)CNc1nc(-c2cc(CC)n(Cc3ccccc3F)n2)ncc1F. The lowest BCUT2D eigenvalue weighted by Crippen LogP contribution is -2.08. The highest BCUT2D eigenvalue weighted by atomic mass is 19.1. The summed E-state index contributed by atoms with van der Waals surface area (Å²) in [5.74, 6) is -0.408. The molecule has 0 bridgehead atoms. The molecule has 2 heterocycles. The van der Waals surface area contributed by atoms with Gasteiger partial charge in [-0.1, -0.05) is 37.3 Å². The van der Waals surface area contributed by atoms with E-state index in [9.17, 15) is 8.78 Å². The van der Waals surface area contributed by atoms with Crippen LogP contribution in [0.1, 0.15) is 25.1 Å². The van der Waals surface area contributed by atoms with E-state index in [0.717, 1.165) is 17.5 Å². The Labute approximate surface area is 156 Å². The van der Waals surface area contributed by atoms with Crippen molar-refractivity contribution in [2.75, 3.05) is 11.9 Å². The number of aromatic nitrogens is 4. The van der Waals surface area contributed by atoms with Crippen LogP contribution in [-0.2, 0) is 13.0 Å². The van der Waals surface area contributed by atoms with Gasteiger partial charge in [-0.25, -0.2) is 18.7 Å². The Balaban J connectivity index is 1.91. The highest BCUT2D eigenvalue weighted by Crippen LogP contribution is 2.20. The largest absolute Gasteiger partial charge is 0.364 e. The number of halogens is 2. The van der Waals surface area contributed by atoms with E-state index < -0.39 is 5.82 Å². The van der Waals surface area contributed by atoms with E-state index in [1.54, 1.807) is 22.9 Å². The second-order valence-corrected chi connectivity index (χ2v) is 6.32. The van der Waals surface area contributed by atoms with Crippen LogP contribution in [0.5, 0.6) is 0 Å². The Morgan fingerprint density at radius 2 is 2.00 bits per heavy atom. The van der Waals surface area contributed by atoms with Gasteiger partial charge in [0.15, 0.2) is 17.5 Å². The number of hydrogen-bond donors (Lipinski definition) is 1.